The molecule has 0 heterocycles. The summed E-state index contributed by atoms with van der Waals surface area (Å²) in [6, 6.07) is 0. The Morgan fingerprint density at radius 3 is 1.17 bits per heavy atom. The summed E-state index contributed by atoms with van der Waals surface area (Å²) in [5.74, 6) is 0. The Morgan fingerprint density at radius 2 is 1.17 bits per heavy atom. The van der Waals surface area contributed by atoms with Gasteiger partial charge in [-0.3, -0.25) is 0 Å². The molecule has 0 N–H and O–H groups in total. The van der Waals surface area contributed by atoms with Crippen LogP contribution in [0.3, 0.4) is 0 Å². The Bertz CT molecular complexity index is 53.7. The molecule has 0 aromatic rings. The van der Waals surface area contributed by atoms with Crippen LogP contribution < -0.4 is 12.1 Å². The normalized spacial score (nSPS) is 9.83. The fourth-order valence-corrected chi connectivity index (χ4v) is 0. The maximum absolute atomic E-state index is 8.61. The second-order valence-electron chi connectivity index (χ2n) is 0.447. The fraction of sp³-hybridized carbons (Fsp3) is 0. The molecule has 0 aromatic carbocycles. The van der Waals surface area contributed by atoms with Crippen LogP contribution in [0.2, 0.25) is 0 Å². The van der Waals surface area contributed by atoms with E-state index < -0.39 is 15.0 Å². The van der Waals surface area contributed by atoms with Gasteiger partial charge in [0, 0.05) is 0 Å². The average molecular weight is 230 g/mol. The van der Waals surface area contributed by atoms with Gasteiger partial charge >= 0.3 is 56.6 Å². The Balaban J connectivity index is 0. The predicted octanol–water partition coefficient (Wildman–Crippen LogP) is -4.07. The topological polar surface area (TPSA) is 86.2 Å². The summed E-state index contributed by atoms with van der Waals surface area (Å²) < 4.78 is 34.4. The van der Waals surface area contributed by atoms with E-state index in [-0.39, 0.29) is 25.8 Å². The van der Waals surface area contributed by atoms with Gasteiger partial charge < -0.3 is 0 Å². The van der Waals surface area contributed by atoms with Crippen LogP contribution in [0.25, 0.3) is 0 Å². The monoisotopic (exact) mass is 230 g/mol. The SMILES string of the molecule is [In+3].[O]=[V]([O-])([O-])[O-]. The number of rotatable bonds is 0. The molecule has 0 spiro atoms. The maximum atomic E-state index is 8.61. The van der Waals surface area contributed by atoms with E-state index in [1.165, 1.54) is 0 Å². The molecule has 0 aliphatic rings. The second kappa shape index (κ2) is 3.18. The Kier molecular flexibility index (Phi) is 5.39. The van der Waals surface area contributed by atoms with Crippen LogP contribution >= 0.6 is 0 Å². The minimum absolute atomic E-state index is 0. The third-order valence-electron chi connectivity index (χ3n) is 0. The van der Waals surface area contributed by atoms with Crippen molar-refractivity contribution >= 4 is 25.8 Å². The van der Waals surface area contributed by atoms with Crippen molar-refractivity contribution in [3.8, 4) is 0 Å². The van der Waals surface area contributed by atoms with E-state index in [4.69, 9.17) is 15.8 Å². The first-order valence-corrected chi connectivity index (χ1v) is 3.01. The van der Waals surface area contributed by atoms with Crippen molar-refractivity contribution in [3.63, 3.8) is 0 Å². The molecule has 0 atom stereocenters. The predicted molar refractivity (Wildman–Crippen MR) is 6.44 cm³/mol. The molecule has 0 saturated carbocycles. The van der Waals surface area contributed by atoms with Crippen molar-refractivity contribution in [2.45, 2.75) is 0 Å². The molecule has 0 fully saturated rings. The van der Waals surface area contributed by atoms with E-state index in [9.17, 15) is 0 Å². The molecule has 0 aliphatic heterocycles. The van der Waals surface area contributed by atoms with E-state index in [1.807, 2.05) is 0 Å². The van der Waals surface area contributed by atoms with Crippen LogP contribution in [0.5, 0.6) is 0 Å². The molecule has 32 valence electrons. The summed E-state index contributed by atoms with van der Waals surface area (Å²) in [5, 5.41) is 0. The molecule has 6 heavy (non-hydrogen) atoms. The van der Waals surface area contributed by atoms with Crippen molar-refractivity contribution in [1.29, 1.82) is 0 Å². The Hall–Kier alpha value is 1.13. The van der Waals surface area contributed by atoms with Crippen molar-refractivity contribution in [1.82, 2.24) is 0 Å². The van der Waals surface area contributed by atoms with E-state index in [2.05, 4.69) is 0 Å². The van der Waals surface area contributed by atoms with Crippen molar-refractivity contribution in [2.75, 3.05) is 0 Å². The molecule has 0 rings (SSSR count). The summed E-state index contributed by atoms with van der Waals surface area (Å²) in [5.41, 5.74) is 0. The van der Waals surface area contributed by atoms with Crippen LogP contribution in [0.4, 0.5) is 0 Å². The fourth-order valence-electron chi connectivity index (χ4n) is 0. The van der Waals surface area contributed by atoms with Crippen molar-refractivity contribution in [3.05, 3.63) is 0 Å². The Labute approximate surface area is 56.5 Å². The van der Waals surface area contributed by atoms with Gasteiger partial charge in [0.05, 0.1) is 0 Å². The molecule has 0 saturated heterocycles. The standard InChI is InChI=1S/In.4O.V/q+3;;3*-1;. The van der Waals surface area contributed by atoms with Crippen LogP contribution in [0, 0.1) is 0 Å². The first-order chi connectivity index (χ1) is 2.00. The van der Waals surface area contributed by atoms with E-state index in [1.54, 1.807) is 0 Å². The molecule has 0 radical (unpaired) electrons. The Morgan fingerprint density at radius 1 is 1.17 bits per heavy atom. The number of hydrogen-bond donors (Lipinski definition) is 0. The third kappa shape index (κ3) is 68.2. The van der Waals surface area contributed by atoms with Gasteiger partial charge in [0.15, 0.2) is 0 Å². The summed E-state index contributed by atoms with van der Waals surface area (Å²) in [6.07, 6.45) is 0. The summed E-state index contributed by atoms with van der Waals surface area (Å²) in [4.78, 5) is 0. The van der Waals surface area contributed by atoms with Gasteiger partial charge in [0.2, 0.25) is 0 Å². The van der Waals surface area contributed by atoms with Crippen LogP contribution in [0.15, 0.2) is 0 Å². The van der Waals surface area contributed by atoms with E-state index >= 15 is 0 Å². The molecule has 4 nitrogen and oxygen atoms in total. The second-order valence-corrected chi connectivity index (χ2v) is 1.84. The van der Waals surface area contributed by atoms with Gasteiger partial charge in [0.1, 0.15) is 0 Å². The zero-order chi connectivity index (χ0) is 4.50. The summed E-state index contributed by atoms with van der Waals surface area (Å²) in [6.45, 7) is 0. The van der Waals surface area contributed by atoms with Crippen LogP contribution in [-0.2, 0) is 18.7 Å². The molecule has 6 heteroatoms. The summed E-state index contributed by atoms with van der Waals surface area (Å²) in [7, 11) is 0. The van der Waals surface area contributed by atoms with Gasteiger partial charge in [-0.05, 0) is 0 Å². The molecule has 0 unspecified atom stereocenters. The first kappa shape index (κ1) is 10.2. The van der Waals surface area contributed by atoms with Gasteiger partial charge in [-0.1, -0.05) is 0 Å². The van der Waals surface area contributed by atoms with E-state index in [0.717, 1.165) is 0 Å². The molecular weight excluding hydrogens is 230 g/mol. The number of hydrogen-bond acceptors (Lipinski definition) is 4. The average Bonchev–Trinajstić information content (AvgIpc) is 0.722. The third-order valence-corrected chi connectivity index (χ3v) is 0. The quantitative estimate of drug-likeness (QED) is 0.423. The van der Waals surface area contributed by atoms with Crippen molar-refractivity contribution in [2.24, 2.45) is 0 Å². The zero-order valence-corrected chi connectivity index (χ0v) is 7.35. The first-order valence-electron chi connectivity index (χ1n) is 0.730. The van der Waals surface area contributed by atoms with Gasteiger partial charge in [-0.2, -0.15) is 0 Å². The molecule has 0 aliphatic carbocycles. The van der Waals surface area contributed by atoms with E-state index in [0.29, 0.717) is 0 Å². The molecular formula is InO4V. The van der Waals surface area contributed by atoms with Gasteiger partial charge in [0.25, 0.3) is 0 Å². The molecule has 0 amide bonds. The van der Waals surface area contributed by atoms with Gasteiger partial charge in [-0.25, -0.2) is 0 Å². The van der Waals surface area contributed by atoms with Crippen LogP contribution in [0.1, 0.15) is 0 Å². The zero-order valence-electron chi connectivity index (χ0n) is 2.66. The van der Waals surface area contributed by atoms with Crippen molar-refractivity contribution < 1.29 is 30.8 Å². The summed E-state index contributed by atoms with van der Waals surface area (Å²) >= 11 is -5.88. The van der Waals surface area contributed by atoms with Crippen LogP contribution in [-0.4, -0.2) is 25.8 Å². The minimum atomic E-state index is -5.88. The van der Waals surface area contributed by atoms with Gasteiger partial charge in [-0.15, -0.1) is 0 Å². The molecule has 0 bridgehead atoms. The molecule has 0 aromatic heterocycles.